The summed E-state index contributed by atoms with van der Waals surface area (Å²) < 4.78 is 0. The zero-order valence-electron chi connectivity index (χ0n) is 17.0. The second-order valence-corrected chi connectivity index (χ2v) is 8.37. The van der Waals surface area contributed by atoms with Gasteiger partial charge in [-0.05, 0) is 93.5 Å². The molecule has 4 rings (SSSR count). The molecule has 0 amide bonds. The summed E-state index contributed by atoms with van der Waals surface area (Å²) in [5.74, 6) is 0.741. The molecule has 1 unspecified atom stereocenters. The van der Waals surface area contributed by atoms with Crippen LogP contribution in [0.4, 0.5) is 0 Å². The number of likely N-dealkylation sites (tertiary alicyclic amines) is 2. The van der Waals surface area contributed by atoms with Gasteiger partial charge in [0.25, 0.3) is 0 Å². The largest absolute Gasteiger partial charge is 0.304 e. The van der Waals surface area contributed by atoms with E-state index in [2.05, 4.69) is 72.2 Å². The second kappa shape index (κ2) is 8.58. The Morgan fingerprint density at radius 1 is 0.815 bits per heavy atom. The van der Waals surface area contributed by atoms with Crippen LogP contribution in [-0.2, 0) is 0 Å². The maximum Gasteiger partial charge on any atom is 0.0319 e. The Morgan fingerprint density at radius 3 is 1.93 bits per heavy atom. The van der Waals surface area contributed by atoms with E-state index in [0.29, 0.717) is 6.04 Å². The number of piperidine rings is 1. The molecule has 1 atom stereocenters. The lowest BCUT2D eigenvalue weighted by molar-refractivity contribution is 0.222. The molecule has 0 radical (unpaired) electrons. The Morgan fingerprint density at radius 2 is 1.37 bits per heavy atom. The fraction of sp³-hybridized carbons (Fsp3) is 0.520. The minimum atomic E-state index is 0.540. The molecule has 2 aromatic carbocycles. The molecule has 0 saturated carbocycles. The molecule has 2 aliphatic rings. The van der Waals surface area contributed by atoms with Crippen molar-refractivity contribution in [2.75, 3.05) is 32.7 Å². The predicted molar refractivity (Wildman–Crippen MR) is 115 cm³/mol. The standard InChI is InChI=1S/C25H34N2/c1-3-26-18-14-25(15-19-26)24-12-10-23(11-13-24)22-8-6-21(7-9-22)20(2)27-16-4-5-17-27/h6-13,20,25H,3-5,14-19H2,1-2H3. The van der Waals surface area contributed by atoms with Crippen LogP contribution in [0.25, 0.3) is 11.1 Å². The predicted octanol–water partition coefficient (Wildman–Crippen LogP) is 5.71. The Labute approximate surface area is 165 Å². The van der Waals surface area contributed by atoms with Crippen LogP contribution >= 0.6 is 0 Å². The Hall–Kier alpha value is -1.64. The summed E-state index contributed by atoms with van der Waals surface area (Å²) in [6, 6.07) is 19.2. The van der Waals surface area contributed by atoms with Crippen molar-refractivity contribution in [2.45, 2.75) is 51.5 Å². The highest BCUT2D eigenvalue weighted by atomic mass is 15.2. The average Bonchev–Trinajstić information content (AvgIpc) is 3.28. The van der Waals surface area contributed by atoms with Crippen LogP contribution < -0.4 is 0 Å². The van der Waals surface area contributed by atoms with E-state index in [0.717, 1.165) is 5.92 Å². The van der Waals surface area contributed by atoms with Crippen LogP contribution in [0.5, 0.6) is 0 Å². The summed E-state index contributed by atoms with van der Waals surface area (Å²) >= 11 is 0. The zero-order chi connectivity index (χ0) is 18.6. The minimum absolute atomic E-state index is 0.540. The van der Waals surface area contributed by atoms with Gasteiger partial charge >= 0.3 is 0 Å². The molecule has 0 bridgehead atoms. The van der Waals surface area contributed by atoms with E-state index < -0.39 is 0 Å². The van der Waals surface area contributed by atoms with Gasteiger partial charge in [-0.25, -0.2) is 0 Å². The van der Waals surface area contributed by atoms with Crippen LogP contribution in [-0.4, -0.2) is 42.5 Å². The van der Waals surface area contributed by atoms with Crippen molar-refractivity contribution in [3.05, 3.63) is 59.7 Å². The molecule has 2 aromatic rings. The van der Waals surface area contributed by atoms with E-state index in [-0.39, 0.29) is 0 Å². The molecule has 0 aromatic heterocycles. The molecule has 2 saturated heterocycles. The van der Waals surface area contributed by atoms with Crippen molar-refractivity contribution in [3.8, 4) is 11.1 Å². The summed E-state index contributed by atoms with van der Waals surface area (Å²) in [5.41, 5.74) is 5.64. The molecule has 2 aliphatic heterocycles. The molecule has 0 aliphatic carbocycles. The normalized spacial score (nSPS) is 20.8. The third-order valence-electron chi connectivity index (χ3n) is 6.83. The molecule has 144 valence electrons. The fourth-order valence-electron chi connectivity index (χ4n) is 4.82. The van der Waals surface area contributed by atoms with Gasteiger partial charge in [0.15, 0.2) is 0 Å². The molecular formula is C25H34N2. The van der Waals surface area contributed by atoms with Gasteiger partial charge < -0.3 is 4.90 Å². The van der Waals surface area contributed by atoms with E-state index in [1.807, 2.05) is 0 Å². The monoisotopic (exact) mass is 362 g/mol. The fourth-order valence-corrected chi connectivity index (χ4v) is 4.82. The summed E-state index contributed by atoms with van der Waals surface area (Å²) in [4.78, 5) is 5.17. The van der Waals surface area contributed by atoms with Crippen LogP contribution in [0.2, 0.25) is 0 Å². The Kier molecular flexibility index (Phi) is 5.95. The van der Waals surface area contributed by atoms with E-state index in [9.17, 15) is 0 Å². The third kappa shape index (κ3) is 4.28. The first kappa shape index (κ1) is 18.7. The van der Waals surface area contributed by atoms with Crippen LogP contribution in [0.1, 0.15) is 62.6 Å². The van der Waals surface area contributed by atoms with Gasteiger partial charge in [0.1, 0.15) is 0 Å². The van der Waals surface area contributed by atoms with Crippen molar-refractivity contribution < 1.29 is 0 Å². The summed E-state index contributed by atoms with van der Waals surface area (Å²) in [7, 11) is 0. The van der Waals surface area contributed by atoms with Crippen molar-refractivity contribution in [3.63, 3.8) is 0 Å². The van der Waals surface area contributed by atoms with Crippen molar-refractivity contribution in [1.29, 1.82) is 0 Å². The molecule has 27 heavy (non-hydrogen) atoms. The van der Waals surface area contributed by atoms with Gasteiger partial charge in [-0.3, -0.25) is 4.90 Å². The lowest BCUT2D eigenvalue weighted by Gasteiger charge is -2.31. The highest BCUT2D eigenvalue weighted by Crippen LogP contribution is 2.31. The van der Waals surface area contributed by atoms with Crippen molar-refractivity contribution in [2.24, 2.45) is 0 Å². The van der Waals surface area contributed by atoms with E-state index >= 15 is 0 Å². The lowest BCUT2D eigenvalue weighted by atomic mass is 9.88. The van der Waals surface area contributed by atoms with E-state index in [1.165, 1.54) is 80.7 Å². The van der Waals surface area contributed by atoms with Gasteiger partial charge in [0, 0.05) is 6.04 Å². The topological polar surface area (TPSA) is 6.48 Å². The Balaban J connectivity index is 1.41. The second-order valence-electron chi connectivity index (χ2n) is 8.37. The molecule has 2 nitrogen and oxygen atoms in total. The maximum absolute atomic E-state index is 2.60. The van der Waals surface area contributed by atoms with Gasteiger partial charge in [0.05, 0.1) is 0 Å². The van der Waals surface area contributed by atoms with Gasteiger partial charge in [-0.1, -0.05) is 55.5 Å². The number of hydrogen-bond donors (Lipinski definition) is 0. The Bertz CT molecular complexity index is 705. The van der Waals surface area contributed by atoms with Crippen molar-refractivity contribution >= 4 is 0 Å². The summed E-state index contributed by atoms with van der Waals surface area (Å²) in [5, 5.41) is 0. The number of rotatable bonds is 5. The third-order valence-corrected chi connectivity index (χ3v) is 6.83. The molecule has 2 heteroatoms. The quantitative estimate of drug-likeness (QED) is 0.672. The molecular weight excluding hydrogens is 328 g/mol. The SMILES string of the molecule is CCN1CCC(c2ccc(-c3ccc(C(C)N4CCCC4)cc3)cc2)CC1. The van der Waals surface area contributed by atoms with E-state index in [1.54, 1.807) is 0 Å². The highest BCUT2D eigenvalue weighted by molar-refractivity contribution is 5.64. The highest BCUT2D eigenvalue weighted by Gasteiger charge is 2.20. The zero-order valence-corrected chi connectivity index (χ0v) is 17.0. The number of benzene rings is 2. The number of hydrogen-bond acceptors (Lipinski definition) is 2. The van der Waals surface area contributed by atoms with Crippen molar-refractivity contribution in [1.82, 2.24) is 9.80 Å². The first-order valence-electron chi connectivity index (χ1n) is 10.9. The summed E-state index contributed by atoms with van der Waals surface area (Å²) in [6.45, 7) is 10.8. The maximum atomic E-state index is 2.60. The average molecular weight is 363 g/mol. The van der Waals surface area contributed by atoms with Gasteiger partial charge in [0.2, 0.25) is 0 Å². The lowest BCUT2D eigenvalue weighted by Crippen LogP contribution is -2.32. The first-order valence-corrected chi connectivity index (χ1v) is 10.9. The smallest absolute Gasteiger partial charge is 0.0319 e. The van der Waals surface area contributed by atoms with Gasteiger partial charge in [-0.15, -0.1) is 0 Å². The minimum Gasteiger partial charge on any atom is -0.304 e. The molecule has 2 heterocycles. The van der Waals surface area contributed by atoms with E-state index in [4.69, 9.17) is 0 Å². The molecule has 0 spiro atoms. The van der Waals surface area contributed by atoms with Gasteiger partial charge in [-0.2, -0.15) is 0 Å². The first-order chi connectivity index (χ1) is 13.2. The van der Waals surface area contributed by atoms with Crippen LogP contribution in [0.3, 0.4) is 0 Å². The van der Waals surface area contributed by atoms with Crippen LogP contribution in [0.15, 0.2) is 48.5 Å². The summed E-state index contributed by atoms with van der Waals surface area (Å²) in [6.07, 6.45) is 5.31. The molecule has 0 N–H and O–H groups in total. The number of nitrogens with zero attached hydrogens (tertiary/aromatic N) is 2. The molecule has 2 fully saturated rings. The van der Waals surface area contributed by atoms with Crippen LogP contribution in [0, 0.1) is 0 Å².